The molecule has 0 unspecified atom stereocenters. The number of pyridine rings is 1. The van der Waals surface area contributed by atoms with E-state index in [-0.39, 0.29) is 23.4 Å². The Balaban J connectivity index is 1.46. The number of nitrogens with one attached hydrogen (secondary N) is 1. The summed E-state index contributed by atoms with van der Waals surface area (Å²) in [5.74, 6) is -0.840. The predicted molar refractivity (Wildman–Crippen MR) is 112 cm³/mol. The summed E-state index contributed by atoms with van der Waals surface area (Å²) >= 11 is 0. The Labute approximate surface area is 172 Å². The summed E-state index contributed by atoms with van der Waals surface area (Å²) in [6, 6.07) is 9.11. The fourth-order valence-corrected chi connectivity index (χ4v) is 4.44. The number of hydrogen-bond donors (Lipinski definition) is 2. The van der Waals surface area contributed by atoms with E-state index in [0.717, 1.165) is 12.8 Å². The minimum absolute atomic E-state index is 0.0679. The summed E-state index contributed by atoms with van der Waals surface area (Å²) in [5.41, 5.74) is 2.28. The largest absolute Gasteiger partial charge is 0.481 e. The average molecular weight is 405 g/mol. The summed E-state index contributed by atoms with van der Waals surface area (Å²) in [4.78, 5) is 41.8. The van der Waals surface area contributed by atoms with Gasteiger partial charge in [0.25, 0.3) is 11.5 Å². The molecule has 2 aromatic heterocycles. The summed E-state index contributed by atoms with van der Waals surface area (Å²) in [6.07, 6.45) is 6.34. The van der Waals surface area contributed by atoms with Crippen molar-refractivity contribution in [2.45, 2.75) is 50.5 Å². The average Bonchev–Trinajstić information content (AvgIpc) is 3.59. The van der Waals surface area contributed by atoms with Crippen LogP contribution in [0.2, 0.25) is 0 Å². The van der Waals surface area contributed by atoms with Crippen molar-refractivity contribution in [2.24, 2.45) is 5.92 Å². The second-order valence-corrected chi connectivity index (χ2v) is 8.44. The van der Waals surface area contributed by atoms with Gasteiger partial charge in [-0.25, -0.2) is 4.98 Å². The molecule has 0 atom stereocenters. The molecule has 5 rings (SSSR count). The van der Waals surface area contributed by atoms with Crippen molar-refractivity contribution in [3.05, 3.63) is 58.0 Å². The van der Waals surface area contributed by atoms with Crippen molar-refractivity contribution in [2.75, 3.05) is 0 Å². The topological polar surface area (TPSA) is 101 Å². The van der Waals surface area contributed by atoms with E-state index in [0.29, 0.717) is 53.7 Å². The Morgan fingerprint density at radius 3 is 2.53 bits per heavy atom. The van der Waals surface area contributed by atoms with Gasteiger partial charge in [-0.15, -0.1) is 0 Å². The highest BCUT2D eigenvalue weighted by Gasteiger charge is 2.28. The van der Waals surface area contributed by atoms with Gasteiger partial charge in [-0.3, -0.25) is 18.8 Å². The van der Waals surface area contributed by atoms with Crippen LogP contribution in [-0.4, -0.2) is 32.4 Å². The SMILES string of the molecule is O=C(N[C@H]1CC[C@@H](C(=O)O)CC1)c1cccn2c(=O)c3cc(C4CC4)ccc3nc12. The van der Waals surface area contributed by atoms with E-state index in [4.69, 9.17) is 5.11 Å². The number of hydrogen-bond acceptors (Lipinski definition) is 4. The number of aliphatic carboxylic acids is 1. The zero-order valence-electron chi connectivity index (χ0n) is 16.5. The van der Waals surface area contributed by atoms with E-state index >= 15 is 0 Å². The van der Waals surface area contributed by atoms with Crippen molar-refractivity contribution in [1.29, 1.82) is 0 Å². The molecule has 0 radical (unpaired) electrons. The van der Waals surface area contributed by atoms with Crippen LogP contribution in [0.4, 0.5) is 0 Å². The minimum Gasteiger partial charge on any atom is -0.481 e. The monoisotopic (exact) mass is 405 g/mol. The zero-order chi connectivity index (χ0) is 20.8. The van der Waals surface area contributed by atoms with Gasteiger partial charge in [0.2, 0.25) is 0 Å². The van der Waals surface area contributed by atoms with Gasteiger partial charge in [-0.1, -0.05) is 6.07 Å². The Hall–Kier alpha value is -3.22. The Kier molecular flexibility index (Phi) is 4.53. The van der Waals surface area contributed by atoms with Gasteiger partial charge in [0.1, 0.15) is 0 Å². The van der Waals surface area contributed by atoms with Gasteiger partial charge in [0.15, 0.2) is 5.65 Å². The molecule has 1 aromatic carbocycles. The second-order valence-electron chi connectivity index (χ2n) is 8.44. The van der Waals surface area contributed by atoms with Crippen LogP contribution in [0.25, 0.3) is 16.6 Å². The van der Waals surface area contributed by atoms with Crippen molar-refractivity contribution in [1.82, 2.24) is 14.7 Å². The van der Waals surface area contributed by atoms with Gasteiger partial charge < -0.3 is 10.4 Å². The molecule has 0 bridgehead atoms. The van der Waals surface area contributed by atoms with Crippen LogP contribution < -0.4 is 10.9 Å². The lowest BCUT2D eigenvalue weighted by Gasteiger charge is -2.26. The quantitative estimate of drug-likeness (QED) is 0.650. The number of benzene rings is 1. The van der Waals surface area contributed by atoms with Crippen molar-refractivity contribution >= 4 is 28.4 Å². The molecule has 2 aliphatic rings. The third-order valence-electron chi connectivity index (χ3n) is 6.37. The molecule has 30 heavy (non-hydrogen) atoms. The number of carbonyl (C=O) groups is 2. The molecule has 3 aromatic rings. The molecule has 154 valence electrons. The molecule has 7 nitrogen and oxygen atoms in total. The molecule has 2 saturated carbocycles. The molecule has 0 saturated heterocycles. The van der Waals surface area contributed by atoms with Crippen LogP contribution in [0.15, 0.2) is 41.3 Å². The normalized spacial score (nSPS) is 21.6. The summed E-state index contributed by atoms with van der Waals surface area (Å²) < 4.78 is 1.44. The van der Waals surface area contributed by atoms with Gasteiger partial charge >= 0.3 is 5.97 Å². The number of rotatable bonds is 4. The highest BCUT2D eigenvalue weighted by Crippen LogP contribution is 2.40. The minimum atomic E-state index is -0.769. The van der Waals surface area contributed by atoms with Crippen LogP contribution in [0.5, 0.6) is 0 Å². The maximum absolute atomic E-state index is 13.1. The maximum Gasteiger partial charge on any atom is 0.306 e. The van der Waals surface area contributed by atoms with Crippen LogP contribution in [0.3, 0.4) is 0 Å². The molecule has 2 N–H and O–H groups in total. The number of fused-ring (bicyclic) bond motifs is 2. The Bertz CT molecular complexity index is 1220. The van der Waals surface area contributed by atoms with Gasteiger partial charge in [0, 0.05) is 12.2 Å². The van der Waals surface area contributed by atoms with Crippen LogP contribution in [-0.2, 0) is 4.79 Å². The van der Waals surface area contributed by atoms with E-state index in [1.807, 2.05) is 18.2 Å². The highest BCUT2D eigenvalue weighted by molar-refractivity contribution is 6.00. The molecule has 2 aliphatic carbocycles. The third kappa shape index (κ3) is 3.34. The zero-order valence-corrected chi connectivity index (χ0v) is 16.5. The molecule has 0 aliphatic heterocycles. The second kappa shape index (κ2) is 7.23. The molecule has 2 heterocycles. The number of carboxylic acids is 1. The lowest BCUT2D eigenvalue weighted by atomic mass is 9.86. The summed E-state index contributed by atoms with van der Waals surface area (Å²) in [7, 11) is 0. The van der Waals surface area contributed by atoms with E-state index in [9.17, 15) is 14.4 Å². The van der Waals surface area contributed by atoms with E-state index in [2.05, 4.69) is 10.3 Å². The number of carboxylic acid groups (broad SMARTS) is 1. The molecular weight excluding hydrogens is 382 g/mol. The van der Waals surface area contributed by atoms with E-state index in [1.54, 1.807) is 18.3 Å². The van der Waals surface area contributed by atoms with Crippen molar-refractivity contribution in [3.8, 4) is 0 Å². The number of nitrogens with zero attached hydrogens (tertiary/aromatic N) is 2. The number of aromatic nitrogens is 2. The van der Waals surface area contributed by atoms with Gasteiger partial charge in [0.05, 0.1) is 22.4 Å². The fraction of sp³-hybridized carbons (Fsp3) is 0.391. The summed E-state index contributed by atoms with van der Waals surface area (Å²) in [6.45, 7) is 0. The van der Waals surface area contributed by atoms with Crippen molar-refractivity contribution in [3.63, 3.8) is 0 Å². The first-order valence-corrected chi connectivity index (χ1v) is 10.5. The molecular formula is C23H23N3O4. The molecule has 0 spiro atoms. The van der Waals surface area contributed by atoms with Gasteiger partial charge in [-0.2, -0.15) is 0 Å². The predicted octanol–water partition coefficient (Wildman–Crippen LogP) is 3.10. The number of amides is 1. The lowest BCUT2D eigenvalue weighted by Crippen LogP contribution is -2.39. The Morgan fingerprint density at radius 1 is 1.07 bits per heavy atom. The number of carbonyl (C=O) groups excluding carboxylic acids is 1. The Morgan fingerprint density at radius 2 is 1.83 bits per heavy atom. The highest BCUT2D eigenvalue weighted by atomic mass is 16.4. The molecule has 7 heteroatoms. The first-order valence-electron chi connectivity index (χ1n) is 10.5. The van der Waals surface area contributed by atoms with E-state index < -0.39 is 5.97 Å². The van der Waals surface area contributed by atoms with Crippen LogP contribution >= 0.6 is 0 Å². The van der Waals surface area contributed by atoms with Crippen molar-refractivity contribution < 1.29 is 14.7 Å². The molecule has 1 amide bonds. The van der Waals surface area contributed by atoms with E-state index in [1.165, 1.54) is 9.96 Å². The van der Waals surface area contributed by atoms with Crippen LogP contribution in [0.1, 0.15) is 60.4 Å². The first kappa shape index (κ1) is 18.8. The summed E-state index contributed by atoms with van der Waals surface area (Å²) in [5, 5.41) is 12.7. The third-order valence-corrected chi connectivity index (χ3v) is 6.37. The standard InChI is InChI=1S/C23H23N3O4/c27-21(24-16-8-5-14(6-9-16)23(29)30)17-2-1-11-26-20(17)25-19-10-7-15(13-3-4-13)12-18(19)22(26)28/h1-2,7,10-14,16H,3-6,8-9H2,(H,24,27)(H,29,30)/t14-,16+. The van der Waals surface area contributed by atoms with Crippen LogP contribution in [0, 0.1) is 5.92 Å². The smallest absolute Gasteiger partial charge is 0.306 e. The first-order chi connectivity index (χ1) is 14.5. The lowest BCUT2D eigenvalue weighted by molar-refractivity contribution is -0.142. The van der Waals surface area contributed by atoms with Gasteiger partial charge in [-0.05, 0) is 74.3 Å². The molecule has 2 fully saturated rings. The maximum atomic E-state index is 13.1. The fourth-order valence-electron chi connectivity index (χ4n) is 4.44.